The molecule has 1 aliphatic heterocycles. The summed E-state index contributed by atoms with van der Waals surface area (Å²) < 4.78 is 5.66. The lowest BCUT2D eigenvalue weighted by Crippen LogP contribution is -2.17. The van der Waals surface area contributed by atoms with Crippen LogP contribution in [0.3, 0.4) is 0 Å². The largest absolute Gasteiger partial charge is 0.478 e. The first-order chi connectivity index (χ1) is 11.1. The van der Waals surface area contributed by atoms with Crippen LogP contribution in [-0.2, 0) is 4.74 Å². The van der Waals surface area contributed by atoms with Crippen LogP contribution in [0.5, 0.6) is 0 Å². The van der Waals surface area contributed by atoms with E-state index < -0.39 is 0 Å². The standard InChI is InChI=1S/C21H39NO/c1-4-5-12-18-14-11-15-19(18)13-9-7-6-8-10-16-20-22-21(2,3)17-23-20/h18-19H,4-17H2,1-3H3. The van der Waals surface area contributed by atoms with Crippen molar-refractivity contribution in [3.8, 4) is 0 Å². The molecule has 134 valence electrons. The maximum atomic E-state index is 5.66. The Morgan fingerprint density at radius 1 is 0.957 bits per heavy atom. The molecule has 1 aliphatic carbocycles. The Morgan fingerprint density at radius 2 is 1.61 bits per heavy atom. The number of ether oxygens (including phenoxy) is 1. The number of hydrogen-bond donors (Lipinski definition) is 0. The highest BCUT2D eigenvalue weighted by Gasteiger charge is 2.26. The molecule has 1 heterocycles. The second kappa shape index (κ2) is 9.69. The Balaban J connectivity index is 1.46. The molecule has 2 heteroatoms. The molecular formula is C21H39NO. The van der Waals surface area contributed by atoms with E-state index in [1.165, 1.54) is 77.0 Å². The van der Waals surface area contributed by atoms with Crippen molar-refractivity contribution < 1.29 is 4.74 Å². The van der Waals surface area contributed by atoms with Crippen molar-refractivity contribution in [1.82, 2.24) is 0 Å². The highest BCUT2D eigenvalue weighted by atomic mass is 16.5. The molecule has 1 fully saturated rings. The van der Waals surface area contributed by atoms with Gasteiger partial charge in [-0.3, -0.25) is 0 Å². The lowest BCUT2D eigenvalue weighted by molar-refractivity contribution is 0.273. The maximum absolute atomic E-state index is 5.66. The van der Waals surface area contributed by atoms with Crippen LogP contribution in [-0.4, -0.2) is 18.0 Å². The molecule has 2 nitrogen and oxygen atoms in total. The van der Waals surface area contributed by atoms with E-state index >= 15 is 0 Å². The van der Waals surface area contributed by atoms with E-state index in [-0.39, 0.29) is 5.54 Å². The summed E-state index contributed by atoms with van der Waals surface area (Å²) in [6, 6.07) is 0. The topological polar surface area (TPSA) is 21.6 Å². The Labute approximate surface area is 144 Å². The van der Waals surface area contributed by atoms with Crippen molar-refractivity contribution >= 4 is 5.90 Å². The van der Waals surface area contributed by atoms with Crippen LogP contribution in [0.4, 0.5) is 0 Å². The van der Waals surface area contributed by atoms with Gasteiger partial charge in [-0.2, -0.15) is 0 Å². The first-order valence-electron chi connectivity index (χ1n) is 10.3. The molecule has 2 aliphatic rings. The van der Waals surface area contributed by atoms with Gasteiger partial charge in [-0.15, -0.1) is 0 Å². The summed E-state index contributed by atoms with van der Waals surface area (Å²) in [5.41, 5.74) is 0.0188. The monoisotopic (exact) mass is 321 g/mol. The quantitative estimate of drug-likeness (QED) is 0.396. The highest BCUT2D eigenvalue weighted by molar-refractivity contribution is 5.78. The van der Waals surface area contributed by atoms with Gasteiger partial charge >= 0.3 is 0 Å². The number of hydrogen-bond acceptors (Lipinski definition) is 2. The molecule has 0 saturated heterocycles. The van der Waals surface area contributed by atoms with Crippen molar-refractivity contribution in [3.05, 3.63) is 0 Å². The summed E-state index contributed by atoms with van der Waals surface area (Å²) in [4.78, 5) is 4.63. The van der Waals surface area contributed by atoms with Crippen molar-refractivity contribution in [2.75, 3.05) is 6.61 Å². The van der Waals surface area contributed by atoms with Gasteiger partial charge in [0.05, 0.1) is 5.54 Å². The summed E-state index contributed by atoms with van der Waals surface area (Å²) in [6.45, 7) is 7.39. The molecule has 0 radical (unpaired) electrons. The minimum absolute atomic E-state index is 0.0188. The smallest absolute Gasteiger partial charge is 0.183 e. The first kappa shape index (κ1) is 18.8. The molecule has 0 amide bonds. The Bertz CT molecular complexity index is 361. The van der Waals surface area contributed by atoms with E-state index in [0.29, 0.717) is 0 Å². The van der Waals surface area contributed by atoms with E-state index in [2.05, 4.69) is 25.8 Å². The van der Waals surface area contributed by atoms with Crippen LogP contribution in [0.15, 0.2) is 4.99 Å². The molecule has 2 atom stereocenters. The van der Waals surface area contributed by atoms with Crippen molar-refractivity contribution in [3.63, 3.8) is 0 Å². The van der Waals surface area contributed by atoms with Gasteiger partial charge in [0.15, 0.2) is 5.90 Å². The van der Waals surface area contributed by atoms with E-state index in [1.54, 1.807) is 0 Å². The fraction of sp³-hybridized carbons (Fsp3) is 0.952. The lowest BCUT2D eigenvalue weighted by Gasteiger charge is -2.19. The van der Waals surface area contributed by atoms with Crippen molar-refractivity contribution in [2.24, 2.45) is 16.8 Å². The third-order valence-corrected chi connectivity index (χ3v) is 5.73. The molecule has 0 aromatic heterocycles. The van der Waals surface area contributed by atoms with Crippen molar-refractivity contribution in [2.45, 2.75) is 110 Å². The van der Waals surface area contributed by atoms with Gasteiger partial charge < -0.3 is 4.74 Å². The van der Waals surface area contributed by atoms with Gasteiger partial charge in [0.2, 0.25) is 0 Å². The van der Waals surface area contributed by atoms with Crippen LogP contribution in [0.2, 0.25) is 0 Å². The lowest BCUT2D eigenvalue weighted by atomic mass is 9.87. The van der Waals surface area contributed by atoms with Crippen molar-refractivity contribution in [1.29, 1.82) is 0 Å². The Kier molecular flexibility index (Phi) is 7.92. The fourth-order valence-corrected chi connectivity index (χ4v) is 4.34. The van der Waals surface area contributed by atoms with Gasteiger partial charge in [0, 0.05) is 6.42 Å². The minimum Gasteiger partial charge on any atom is -0.478 e. The summed E-state index contributed by atoms with van der Waals surface area (Å²) in [5, 5.41) is 0. The minimum atomic E-state index is 0.0188. The molecule has 0 bridgehead atoms. The zero-order chi connectivity index (χ0) is 16.5. The van der Waals surface area contributed by atoms with Gasteiger partial charge in [0.1, 0.15) is 6.61 Å². The average Bonchev–Trinajstić information content (AvgIpc) is 3.10. The molecule has 0 aromatic rings. The first-order valence-corrected chi connectivity index (χ1v) is 10.3. The van der Waals surface area contributed by atoms with Crippen LogP contribution in [0.25, 0.3) is 0 Å². The molecule has 23 heavy (non-hydrogen) atoms. The maximum Gasteiger partial charge on any atom is 0.183 e. The molecule has 0 aromatic carbocycles. The number of aliphatic imine (C=N–C) groups is 1. The predicted octanol–water partition coefficient (Wildman–Crippen LogP) is 6.53. The van der Waals surface area contributed by atoms with Gasteiger partial charge in [-0.1, -0.05) is 77.6 Å². The van der Waals surface area contributed by atoms with Crippen LogP contribution in [0, 0.1) is 11.8 Å². The third-order valence-electron chi connectivity index (χ3n) is 5.73. The normalized spacial score (nSPS) is 26.3. The average molecular weight is 322 g/mol. The third kappa shape index (κ3) is 6.85. The molecular weight excluding hydrogens is 282 g/mol. The van der Waals surface area contributed by atoms with E-state index in [0.717, 1.165) is 30.8 Å². The number of rotatable bonds is 11. The van der Waals surface area contributed by atoms with E-state index in [9.17, 15) is 0 Å². The zero-order valence-corrected chi connectivity index (χ0v) is 15.9. The molecule has 0 N–H and O–H groups in total. The van der Waals surface area contributed by atoms with Crippen LogP contribution >= 0.6 is 0 Å². The van der Waals surface area contributed by atoms with Gasteiger partial charge in [-0.05, 0) is 32.1 Å². The molecule has 1 saturated carbocycles. The summed E-state index contributed by atoms with van der Waals surface area (Å²) in [7, 11) is 0. The second-order valence-electron chi connectivity index (χ2n) is 8.51. The number of nitrogens with zero attached hydrogens (tertiary/aromatic N) is 1. The molecule has 2 rings (SSSR count). The number of unbranched alkanes of at least 4 members (excludes halogenated alkanes) is 5. The van der Waals surface area contributed by atoms with Gasteiger partial charge in [0.25, 0.3) is 0 Å². The predicted molar refractivity (Wildman–Crippen MR) is 100 cm³/mol. The van der Waals surface area contributed by atoms with E-state index in [1.807, 2.05) is 0 Å². The van der Waals surface area contributed by atoms with Gasteiger partial charge in [-0.25, -0.2) is 4.99 Å². The van der Waals surface area contributed by atoms with E-state index in [4.69, 9.17) is 4.74 Å². The Morgan fingerprint density at radius 3 is 2.26 bits per heavy atom. The Hall–Kier alpha value is -0.530. The summed E-state index contributed by atoms with van der Waals surface area (Å²) in [6.07, 6.45) is 18.3. The summed E-state index contributed by atoms with van der Waals surface area (Å²) >= 11 is 0. The van der Waals surface area contributed by atoms with Crippen LogP contribution < -0.4 is 0 Å². The molecule has 2 unspecified atom stereocenters. The second-order valence-corrected chi connectivity index (χ2v) is 8.51. The highest BCUT2D eigenvalue weighted by Crippen LogP contribution is 2.38. The zero-order valence-electron chi connectivity index (χ0n) is 15.9. The summed E-state index contributed by atoms with van der Waals surface area (Å²) in [5.74, 6) is 3.13. The fourth-order valence-electron chi connectivity index (χ4n) is 4.34. The molecule has 0 spiro atoms. The SMILES string of the molecule is CCCCC1CCCC1CCCCCCCC1=NC(C)(C)CO1. The van der Waals surface area contributed by atoms with Crippen LogP contribution in [0.1, 0.15) is 104 Å².